The van der Waals surface area contributed by atoms with Crippen LogP contribution in [0.1, 0.15) is 60.8 Å². The minimum Gasteiger partial charge on any atom is -0.460 e. The molecule has 2 aromatic heterocycles. The van der Waals surface area contributed by atoms with E-state index in [1.165, 1.54) is 6.20 Å². The fourth-order valence-corrected chi connectivity index (χ4v) is 5.42. The third-order valence-electron chi connectivity index (χ3n) is 6.46. The van der Waals surface area contributed by atoms with Gasteiger partial charge in [-0.1, -0.05) is 11.6 Å². The molecule has 4 heterocycles. The number of halogens is 3. The summed E-state index contributed by atoms with van der Waals surface area (Å²) in [5, 5.41) is -0.0939. The van der Waals surface area contributed by atoms with Crippen LogP contribution in [-0.2, 0) is 19.0 Å². The smallest absolute Gasteiger partial charge is 0.411 e. The van der Waals surface area contributed by atoms with E-state index in [0.29, 0.717) is 37.1 Å². The van der Waals surface area contributed by atoms with Gasteiger partial charge < -0.3 is 19.1 Å². The van der Waals surface area contributed by atoms with Gasteiger partial charge in [-0.05, 0) is 66.0 Å². The van der Waals surface area contributed by atoms with Crippen molar-refractivity contribution in [1.82, 2.24) is 19.9 Å². The van der Waals surface area contributed by atoms with Gasteiger partial charge in [0, 0.05) is 19.3 Å². The SMILES string of the molecule is CC(C)(C)OC(=O)CCOCC12CCC(CN(c3nc(Cl)nc4c(F)c(Cl)ncc34)C1)N2C(=O)OC(C)(C)C. The molecule has 10 nitrogen and oxygen atoms in total. The minimum atomic E-state index is -0.790. The average molecular weight is 586 g/mol. The van der Waals surface area contributed by atoms with E-state index in [0.717, 1.165) is 0 Å². The molecular formula is C26H34Cl2FN5O5. The molecule has 214 valence electrons. The van der Waals surface area contributed by atoms with Crippen LogP contribution in [0, 0.1) is 5.82 Å². The summed E-state index contributed by atoms with van der Waals surface area (Å²) in [6.07, 6.45) is 2.38. The maximum atomic E-state index is 14.8. The Labute approximate surface area is 237 Å². The van der Waals surface area contributed by atoms with E-state index in [4.69, 9.17) is 37.4 Å². The molecule has 0 saturated carbocycles. The molecular weight excluding hydrogens is 552 g/mol. The van der Waals surface area contributed by atoms with Crippen molar-refractivity contribution >= 4 is 52.0 Å². The summed E-state index contributed by atoms with van der Waals surface area (Å²) >= 11 is 12.1. The largest absolute Gasteiger partial charge is 0.460 e. The van der Waals surface area contributed by atoms with E-state index in [2.05, 4.69) is 15.0 Å². The van der Waals surface area contributed by atoms with Gasteiger partial charge in [0.05, 0.1) is 36.6 Å². The molecule has 39 heavy (non-hydrogen) atoms. The highest BCUT2D eigenvalue weighted by Gasteiger charge is 2.55. The number of nitrogens with zero attached hydrogens (tertiary/aromatic N) is 5. The van der Waals surface area contributed by atoms with Gasteiger partial charge in [0.1, 0.15) is 22.5 Å². The van der Waals surface area contributed by atoms with Crippen molar-refractivity contribution in [2.45, 2.75) is 83.6 Å². The maximum absolute atomic E-state index is 14.8. The molecule has 2 saturated heterocycles. The van der Waals surface area contributed by atoms with E-state index < -0.39 is 28.7 Å². The predicted octanol–water partition coefficient (Wildman–Crippen LogP) is 5.18. The molecule has 2 bridgehead atoms. The Morgan fingerprint density at radius 1 is 1.13 bits per heavy atom. The number of fused-ring (bicyclic) bond motifs is 3. The molecule has 4 rings (SSSR count). The molecule has 0 aromatic carbocycles. The van der Waals surface area contributed by atoms with Crippen molar-refractivity contribution in [3.63, 3.8) is 0 Å². The van der Waals surface area contributed by atoms with Crippen LogP contribution >= 0.6 is 23.2 Å². The summed E-state index contributed by atoms with van der Waals surface area (Å²) in [6.45, 7) is 11.8. The maximum Gasteiger partial charge on any atom is 0.411 e. The van der Waals surface area contributed by atoms with Crippen LogP contribution in [0.25, 0.3) is 10.9 Å². The number of anilines is 1. The van der Waals surface area contributed by atoms with Crippen molar-refractivity contribution in [2.75, 3.05) is 31.2 Å². The van der Waals surface area contributed by atoms with E-state index >= 15 is 0 Å². The van der Waals surface area contributed by atoms with E-state index in [9.17, 15) is 14.0 Å². The first kappa shape index (κ1) is 29.5. The Morgan fingerprint density at radius 2 is 1.82 bits per heavy atom. The summed E-state index contributed by atoms with van der Waals surface area (Å²) in [7, 11) is 0. The zero-order valence-corrected chi connectivity index (χ0v) is 24.5. The van der Waals surface area contributed by atoms with Crippen LogP contribution in [0.3, 0.4) is 0 Å². The molecule has 2 atom stereocenters. The predicted molar refractivity (Wildman–Crippen MR) is 145 cm³/mol. The Hall–Kier alpha value is -2.50. The van der Waals surface area contributed by atoms with Gasteiger partial charge >= 0.3 is 12.1 Å². The highest BCUT2D eigenvalue weighted by Crippen LogP contribution is 2.43. The number of hydrogen-bond acceptors (Lipinski definition) is 9. The lowest BCUT2D eigenvalue weighted by Gasteiger charge is -2.49. The second-order valence-electron chi connectivity index (χ2n) is 12.0. The molecule has 0 spiro atoms. The molecule has 13 heteroatoms. The van der Waals surface area contributed by atoms with Gasteiger partial charge in [-0.15, -0.1) is 0 Å². The van der Waals surface area contributed by atoms with Gasteiger partial charge in [0.25, 0.3) is 0 Å². The lowest BCUT2D eigenvalue weighted by Crippen LogP contribution is -2.66. The van der Waals surface area contributed by atoms with Crippen molar-refractivity contribution in [3.05, 3.63) is 22.5 Å². The molecule has 2 aliphatic rings. The lowest BCUT2D eigenvalue weighted by atomic mass is 9.95. The normalized spacial score (nSPS) is 21.4. The number of carbonyl (C=O) groups excluding carboxylic acids is 2. The quantitative estimate of drug-likeness (QED) is 0.196. The third kappa shape index (κ3) is 6.63. The molecule has 2 fully saturated rings. The number of esters is 1. The molecule has 0 aliphatic carbocycles. The Bertz CT molecular complexity index is 1270. The number of amides is 1. The number of rotatable bonds is 6. The van der Waals surface area contributed by atoms with Crippen LogP contribution in [0.5, 0.6) is 0 Å². The molecule has 1 amide bonds. The van der Waals surface area contributed by atoms with Gasteiger partial charge in [0.2, 0.25) is 5.28 Å². The summed E-state index contributed by atoms with van der Waals surface area (Å²) in [6, 6.07) is -0.225. The van der Waals surface area contributed by atoms with E-state index in [1.54, 1.807) is 25.7 Å². The number of aromatic nitrogens is 3. The first-order valence-corrected chi connectivity index (χ1v) is 13.6. The Balaban J connectivity index is 1.62. The third-order valence-corrected chi connectivity index (χ3v) is 6.89. The first-order chi connectivity index (χ1) is 18.1. The number of ether oxygens (including phenoxy) is 3. The second-order valence-corrected chi connectivity index (χ2v) is 12.7. The number of pyridine rings is 1. The van der Waals surface area contributed by atoms with Crippen LogP contribution in [0.15, 0.2) is 6.20 Å². The molecule has 2 unspecified atom stereocenters. The Morgan fingerprint density at radius 3 is 2.49 bits per heavy atom. The minimum absolute atomic E-state index is 0.0328. The fraction of sp³-hybridized carbons (Fsp3) is 0.654. The van der Waals surface area contributed by atoms with Gasteiger partial charge in [-0.3, -0.25) is 9.69 Å². The zero-order valence-electron chi connectivity index (χ0n) is 23.0. The van der Waals surface area contributed by atoms with Crippen LogP contribution < -0.4 is 4.90 Å². The van der Waals surface area contributed by atoms with Crippen LogP contribution in [0.4, 0.5) is 15.0 Å². The standard InChI is InChI=1S/C26H34Cl2FN5O5/c1-24(2,3)38-17(35)8-10-37-14-26-9-7-15(34(26)23(36)39-25(4,5)6)12-33(13-26)21-16-11-30-20(27)18(29)19(16)31-22(28)32-21/h11,15H,7-10,12-14H2,1-6H3. The van der Waals surface area contributed by atoms with Crippen LogP contribution in [-0.4, -0.2) is 81.0 Å². The highest BCUT2D eigenvalue weighted by molar-refractivity contribution is 6.30. The van der Waals surface area contributed by atoms with E-state index in [-0.39, 0.29) is 47.6 Å². The van der Waals surface area contributed by atoms with E-state index in [1.807, 2.05) is 25.7 Å². The van der Waals surface area contributed by atoms with Gasteiger partial charge in [-0.2, -0.15) is 4.98 Å². The van der Waals surface area contributed by atoms with Gasteiger partial charge in [-0.25, -0.2) is 19.2 Å². The summed E-state index contributed by atoms with van der Waals surface area (Å²) in [5.41, 5.74) is -2.10. The number of piperazine rings is 1. The molecule has 0 radical (unpaired) electrons. The molecule has 2 aliphatic heterocycles. The summed E-state index contributed by atoms with van der Waals surface area (Å²) in [5.74, 6) is -0.758. The number of hydrogen-bond donors (Lipinski definition) is 0. The highest BCUT2D eigenvalue weighted by atomic mass is 35.5. The average Bonchev–Trinajstić information content (AvgIpc) is 3.03. The first-order valence-electron chi connectivity index (χ1n) is 12.8. The molecule has 2 aromatic rings. The van der Waals surface area contributed by atoms with Gasteiger partial charge in [0.15, 0.2) is 11.0 Å². The second kappa shape index (κ2) is 10.8. The van der Waals surface area contributed by atoms with Crippen molar-refractivity contribution in [3.8, 4) is 0 Å². The Kier molecular flexibility index (Phi) is 8.18. The number of carbonyl (C=O) groups is 2. The monoisotopic (exact) mass is 585 g/mol. The van der Waals surface area contributed by atoms with Crippen LogP contribution in [0.2, 0.25) is 10.4 Å². The summed E-state index contributed by atoms with van der Waals surface area (Å²) in [4.78, 5) is 41.6. The van der Waals surface area contributed by atoms with Crippen molar-refractivity contribution in [2.24, 2.45) is 0 Å². The fourth-order valence-electron chi connectivity index (χ4n) is 5.12. The van der Waals surface area contributed by atoms with Crippen molar-refractivity contribution < 1.29 is 28.2 Å². The topological polar surface area (TPSA) is 107 Å². The summed E-state index contributed by atoms with van der Waals surface area (Å²) < 4.78 is 31.9. The zero-order chi connectivity index (χ0) is 28.8. The lowest BCUT2D eigenvalue weighted by molar-refractivity contribution is -0.156. The van der Waals surface area contributed by atoms with Crippen molar-refractivity contribution in [1.29, 1.82) is 0 Å². The molecule has 0 N–H and O–H groups in total.